The fourth-order valence-corrected chi connectivity index (χ4v) is 1.44. The molecule has 0 bridgehead atoms. The Hall–Kier alpha value is -2.50. The Labute approximate surface area is 103 Å². The number of ether oxygens (including phenoxy) is 2. The molecule has 94 valence electrons. The number of H-pyrrole nitrogens is 1. The van der Waals surface area contributed by atoms with Gasteiger partial charge < -0.3 is 13.9 Å². The number of hydrogen-bond acceptors (Lipinski definition) is 5. The maximum Gasteiger partial charge on any atom is 0.434 e. The van der Waals surface area contributed by atoms with E-state index in [2.05, 4.69) is 10.2 Å². The summed E-state index contributed by atoms with van der Waals surface area (Å²) in [5, 5.41) is 5.84. The van der Waals surface area contributed by atoms with E-state index in [9.17, 15) is 4.79 Å². The van der Waals surface area contributed by atoms with Crippen LogP contribution in [0.15, 0.2) is 27.4 Å². The molecule has 2 aromatic rings. The molecule has 1 heterocycles. The molecule has 0 aliphatic carbocycles. The Kier molecular flexibility index (Phi) is 3.47. The van der Waals surface area contributed by atoms with Gasteiger partial charge in [0.2, 0.25) is 5.89 Å². The van der Waals surface area contributed by atoms with Crippen molar-refractivity contribution in [3.8, 4) is 11.5 Å². The number of benzene rings is 1. The van der Waals surface area contributed by atoms with Crippen molar-refractivity contribution in [2.45, 2.75) is 0 Å². The molecule has 0 amide bonds. The highest BCUT2D eigenvalue weighted by atomic mass is 16.5. The van der Waals surface area contributed by atoms with Gasteiger partial charge in [-0.15, -0.1) is 5.10 Å². The van der Waals surface area contributed by atoms with Gasteiger partial charge in [-0.3, -0.25) is 0 Å². The SMILES string of the molecule is COc1ccc(OC)c(/C=C/c2n[nH]c(=O)o2)c1. The Morgan fingerprint density at radius 3 is 2.72 bits per heavy atom. The van der Waals surface area contributed by atoms with Crippen LogP contribution in [0.3, 0.4) is 0 Å². The highest BCUT2D eigenvalue weighted by molar-refractivity contribution is 5.70. The Bertz CT molecular complexity index is 613. The zero-order valence-electron chi connectivity index (χ0n) is 9.97. The third kappa shape index (κ3) is 2.60. The van der Waals surface area contributed by atoms with E-state index in [1.165, 1.54) is 0 Å². The summed E-state index contributed by atoms with van der Waals surface area (Å²) in [5.74, 6) is 1.00. The summed E-state index contributed by atoms with van der Waals surface area (Å²) < 4.78 is 15.1. The molecule has 6 heteroatoms. The second-order valence-electron chi connectivity index (χ2n) is 3.39. The van der Waals surface area contributed by atoms with Crippen molar-refractivity contribution >= 4 is 12.2 Å². The predicted octanol–water partition coefficient (Wildman–Crippen LogP) is 1.55. The zero-order chi connectivity index (χ0) is 13.0. The normalized spacial score (nSPS) is 10.8. The molecule has 0 unspecified atom stereocenters. The monoisotopic (exact) mass is 248 g/mol. The number of rotatable bonds is 4. The van der Waals surface area contributed by atoms with E-state index >= 15 is 0 Å². The number of hydrogen-bond donors (Lipinski definition) is 1. The molecule has 0 saturated carbocycles. The molecule has 0 fully saturated rings. The van der Waals surface area contributed by atoms with Crippen molar-refractivity contribution in [3.63, 3.8) is 0 Å². The lowest BCUT2D eigenvalue weighted by Crippen LogP contribution is -1.93. The molecule has 0 saturated heterocycles. The van der Waals surface area contributed by atoms with Gasteiger partial charge in [0.15, 0.2) is 0 Å². The second kappa shape index (κ2) is 5.22. The van der Waals surface area contributed by atoms with Crippen LogP contribution in [-0.2, 0) is 0 Å². The zero-order valence-corrected chi connectivity index (χ0v) is 9.97. The van der Waals surface area contributed by atoms with Crippen LogP contribution >= 0.6 is 0 Å². The van der Waals surface area contributed by atoms with Gasteiger partial charge in [-0.2, -0.15) is 0 Å². The molecule has 6 nitrogen and oxygen atoms in total. The van der Waals surface area contributed by atoms with E-state index in [-0.39, 0.29) is 5.89 Å². The number of aromatic amines is 1. The average Bonchev–Trinajstić information content (AvgIpc) is 2.81. The maximum absolute atomic E-state index is 10.8. The number of nitrogens with one attached hydrogen (secondary N) is 1. The molecule has 0 spiro atoms. The second-order valence-corrected chi connectivity index (χ2v) is 3.39. The van der Waals surface area contributed by atoms with Crippen LogP contribution in [0.1, 0.15) is 11.5 Å². The number of aromatic nitrogens is 2. The van der Waals surface area contributed by atoms with Crippen molar-refractivity contribution in [1.82, 2.24) is 10.2 Å². The van der Waals surface area contributed by atoms with Crippen LogP contribution in [0.25, 0.3) is 12.2 Å². The third-order valence-electron chi connectivity index (χ3n) is 2.30. The van der Waals surface area contributed by atoms with Gasteiger partial charge >= 0.3 is 5.76 Å². The summed E-state index contributed by atoms with van der Waals surface area (Å²) in [4.78, 5) is 10.8. The molecule has 1 N–H and O–H groups in total. The van der Waals surface area contributed by atoms with Gasteiger partial charge in [-0.05, 0) is 24.3 Å². The first-order chi connectivity index (χ1) is 8.72. The lowest BCUT2D eigenvalue weighted by molar-refractivity contribution is 0.402. The predicted molar refractivity (Wildman–Crippen MR) is 65.6 cm³/mol. The first kappa shape index (κ1) is 12.0. The van der Waals surface area contributed by atoms with Crippen molar-refractivity contribution < 1.29 is 13.9 Å². The third-order valence-corrected chi connectivity index (χ3v) is 2.30. The van der Waals surface area contributed by atoms with Crippen LogP contribution in [0.2, 0.25) is 0 Å². The van der Waals surface area contributed by atoms with Crippen LogP contribution in [-0.4, -0.2) is 24.4 Å². The molecule has 1 aromatic heterocycles. The quantitative estimate of drug-likeness (QED) is 0.888. The van der Waals surface area contributed by atoms with E-state index in [0.29, 0.717) is 11.5 Å². The molecule has 0 atom stereocenters. The Morgan fingerprint density at radius 2 is 2.11 bits per heavy atom. The van der Waals surface area contributed by atoms with Crippen LogP contribution in [0, 0.1) is 0 Å². The van der Waals surface area contributed by atoms with Gasteiger partial charge in [0, 0.05) is 11.6 Å². The van der Waals surface area contributed by atoms with Gasteiger partial charge in [0.05, 0.1) is 14.2 Å². The molecular formula is C12H12N2O4. The van der Waals surface area contributed by atoms with Crippen LogP contribution < -0.4 is 15.2 Å². The smallest absolute Gasteiger partial charge is 0.434 e. The van der Waals surface area contributed by atoms with E-state index < -0.39 is 5.76 Å². The van der Waals surface area contributed by atoms with Crippen molar-refractivity contribution in [2.75, 3.05) is 14.2 Å². The Balaban J connectivity index is 2.31. The highest BCUT2D eigenvalue weighted by Gasteiger charge is 2.02. The summed E-state index contributed by atoms with van der Waals surface area (Å²) in [6.45, 7) is 0. The minimum Gasteiger partial charge on any atom is -0.497 e. The summed E-state index contributed by atoms with van der Waals surface area (Å²) in [6, 6.07) is 5.39. The van der Waals surface area contributed by atoms with Crippen molar-refractivity contribution in [1.29, 1.82) is 0 Å². The average molecular weight is 248 g/mol. The lowest BCUT2D eigenvalue weighted by atomic mass is 10.1. The van der Waals surface area contributed by atoms with Gasteiger partial charge in [0.25, 0.3) is 0 Å². The summed E-state index contributed by atoms with van der Waals surface area (Å²) in [5.41, 5.74) is 0.794. The molecule has 0 radical (unpaired) electrons. The molecule has 2 rings (SSSR count). The van der Waals surface area contributed by atoms with Gasteiger partial charge in [-0.1, -0.05) is 0 Å². The fraction of sp³-hybridized carbons (Fsp3) is 0.167. The van der Waals surface area contributed by atoms with Crippen molar-refractivity contribution in [3.05, 3.63) is 40.2 Å². The standard InChI is InChI=1S/C12H12N2O4/c1-16-9-4-5-10(17-2)8(7-9)3-6-11-13-14-12(15)18-11/h3-7H,1-2H3,(H,14,15)/b6-3+. The largest absolute Gasteiger partial charge is 0.497 e. The van der Waals surface area contributed by atoms with Crippen LogP contribution in [0.4, 0.5) is 0 Å². The van der Waals surface area contributed by atoms with Crippen LogP contribution in [0.5, 0.6) is 11.5 Å². The molecule has 1 aromatic carbocycles. The van der Waals surface area contributed by atoms with E-state index in [4.69, 9.17) is 13.9 Å². The first-order valence-corrected chi connectivity index (χ1v) is 5.18. The summed E-state index contributed by atoms with van der Waals surface area (Å²) in [6.07, 6.45) is 3.29. The number of nitrogens with zero attached hydrogens (tertiary/aromatic N) is 1. The van der Waals surface area contributed by atoms with E-state index in [1.54, 1.807) is 44.6 Å². The minimum absolute atomic E-state index is 0.199. The van der Waals surface area contributed by atoms with Gasteiger partial charge in [-0.25, -0.2) is 9.89 Å². The lowest BCUT2D eigenvalue weighted by Gasteiger charge is -2.06. The maximum atomic E-state index is 10.8. The molecular weight excluding hydrogens is 236 g/mol. The van der Waals surface area contributed by atoms with E-state index in [1.807, 2.05) is 0 Å². The van der Waals surface area contributed by atoms with Crippen molar-refractivity contribution in [2.24, 2.45) is 0 Å². The molecule has 0 aliphatic rings. The fourth-order valence-electron chi connectivity index (χ4n) is 1.44. The summed E-state index contributed by atoms with van der Waals surface area (Å²) >= 11 is 0. The van der Waals surface area contributed by atoms with Gasteiger partial charge in [0.1, 0.15) is 11.5 Å². The van der Waals surface area contributed by atoms with E-state index in [0.717, 1.165) is 5.56 Å². The topological polar surface area (TPSA) is 77.4 Å². The molecule has 18 heavy (non-hydrogen) atoms. The minimum atomic E-state index is -0.591. The highest BCUT2D eigenvalue weighted by Crippen LogP contribution is 2.25. The molecule has 0 aliphatic heterocycles. The first-order valence-electron chi connectivity index (χ1n) is 5.18. The number of methoxy groups -OCH3 is 2. The Morgan fingerprint density at radius 1 is 1.28 bits per heavy atom. The summed E-state index contributed by atoms with van der Waals surface area (Å²) in [7, 11) is 3.16.